The molecule has 1 heterocycles. The first-order valence-corrected chi connectivity index (χ1v) is 8.30. The van der Waals surface area contributed by atoms with Crippen LogP contribution in [-0.4, -0.2) is 33.3 Å². The summed E-state index contributed by atoms with van der Waals surface area (Å²) in [6.45, 7) is 4.14. The SMILES string of the molecule is Cn1nc(C(C)(C)C)cc1C(=O)N(Cc1ccc(C#N)cc1)CC(F)(F)F. The van der Waals surface area contributed by atoms with Crippen LogP contribution in [0.5, 0.6) is 0 Å². The predicted octanol–water partition coefficient (Wildman–Crippen LogP) is 3.79. The number of hydrogen-bond donors (Lipinski definition) is 0. The van der Waals surface area contributed by atoms with Crippen molar-refractivity contribution < 1.29 is 18.0 Å². The molecule has 27 heavy (non-hydrogen) atoms. The van der Waals surface area contributed by atoms with E-state index in [1.54, 1.807) is 12.1 Å². The van der Waals surface area contributed by atoms with Crippen molar-refractivity contribution in [3.63, 3.8) is 0 Å². The number of rotatable bonds is 4. The molecule has 0 spiro atoms. The predicted molar refractivity (Wildman–Crippen MR) is 93.9 cm³/mol. The van der Waals surface area contributed by atoms with E-state index in [2.05, 4.69) is 5.10 Å². The van der Waals surface area contributed by atoms with Gasteiger partial charge < -0.3 is 4.90 Å². The highest BCUT2D eigenvalue weighted by atomic mass is 19.4. The normalized spacial score (nSPS) is 11.9. The molecule has 0 radical (unpaired) electrons. The lowest BCUT2D eigenvalue weighted by molar-refractivity contribution is -0.141. The van der Waals surface area contributed by atoms with Gasteiger partial charge in [-0.25, -0.2) is 0 Å². The van der Waals surface area contributed by atoms with Gasteiger partial charge in [-0.3, -0.25) is 9.48 Å². The summed E-state index contributed by atoms with van der Waals surface area (Å²) in [6.07, 6.45) is -4.53. The van der Waals surface area contributed by atoms with Crippen molar-refractivity contribution in [2.45, 2.75) is 38.9 Å². The molecule has 0 atom stereocenters. The molecular formula is C19H21F3N4O. The minimum Gasteiger partial charge on any atom is -0.324 e. The zero-order valence-electron chi connectivity index (χ0n) is 15.6. The molecule has 0 aliphatic heterocycles. The number of halogens is 3. The fourth-order valence-electron chi connectivity index (χ4n) is 2.52. The van der Waals surface area contributed by atoms with Gasteiger partial charge in [0, 0.05) is 19.0 Å². The number of aromatic nitrogens is 2. The number of carbonyl (C=O) groups is 1. The van der Waals surface area contributed by atoms with Crippen LogP contribution in [0.15, 0.2) is 30.3 Å². The Kier molecular flexibility index (Phi) is 5.64. The maximum absolute atomic E-state index is 13.0. The quantitative estimate of drug-likeness (QED) is 0.813. The molecule has 0 aliphatic carbocycles. The second kappa shape index (κ2) is 7.43. The number of benzene rings is 1. The van der Waals surface area contributed by atoms with E-state index >= 15 is 0 Å². The Bertz CT molecular complexity index is 855. The standard InChI is InChI=1S/C19H21F3N4O/c1-18(2,3)16-9-15(25(4)24-16)17(27)26(12-19(20,21)22)11-14-7-5-13(10-23)6-8-14/h5-9H,11-12H2,1-4H3. The van der Waals surface area contributed by atoms with Crippen molar-refractivity contribution >= 4 is 5.91 Å². The zero-order valence-corrected chi connectivity index (χ0v) is 15.6. The van der Waals surface area contributed by atoms with Crippen molar-refractivity contribution in [3.8, 4) is 6.07 Å². The van der Waals surface area contributed by atoms with Gasteiger partial charge >= 0.3 is 6.18 Å². The van der Waals surface area contributed by atoms with Gasteiger partial charge in [0.2, 0.25) is 0 Å². The maximum Gasteiger partial charge on any atom is 0.406 e. The van der Waals surface area contributed by atoms with Crippen LogP contribution in [0, 0.1) is 11.3 Å². The summed E-state index contributed by atoms with van der Waals surface area (Å²) >= 11 is 0. The molecule has 5 nitrogen and oxygen atoms in total. The van der Waals surface area contributed by atoms with Crippen LogP contribution in [0.25, 0.3) is 0 Å². The number of aryl methyl sites for hydroxylation is 1. The molecule has 0 N–H and O–H groups in total. The summed E-state index contributed by atoms with van der Waals surface area (Å²) in [5, 5.41) is 13.1. The molecule has 1 aromatic heterocycles. The minimum absolute atomic E-state index is 0.0952. The summed E-state index contributed by atoms with van der Waals surface area (Å²) in [5.74, 6) is -0.748. The number of alkyl halides is 3. The molecule has 0 saturated carbocycles. The van der Waals surface area contributed by atoms with E-state index in [1.165, 1.54) is 29.9 Å². The summed E-state index contributed by atoms with van der Waals surface area (Å²) in [4.78, 5) is 13.6. The van der Waals surface area contributed by atoms with Gasteiger partial charge in [0.05, 0.1) is 17.3 Å². The van der Waals surface area contributed by atoms with Crippen molar-refractivity contribution in [1.29, 1.82) is 5.26 Å². The van der Waals surface area contributed by atoms with Crippen LogP contribution in [0.3, 0.4) is 0 Å². The third-order valence-electron chi connectivity index (χ3n) is 3.98. The molecule has 144 valence electrons. The fraction of sp³-hybridized carbons (Fsp3) is 0.421. The molecule has 0 aliphatic rings. The van der Waals surface area contributed by atoms with E-state index in [0.717, 1.165) is 4.90 Å². The Morgan fingerprint density at radius 2 is 1.81 bits per heavy atom. The van der Waals surface area contributed by atoms with E-state index in [9.17, 15) is 18.0 Å². The lowest BCUT2D eigenvalue weighted by Gasteiger charge is -2.24. The molecule has 0 fully saturated rings. The molecular weight excluding hydrogens is 357 g/mol. The lowest BCUT2D eigenvalue weighted by atomic mass is 9.92. The largest absolute Gasteiger partial charge is 0.406 e. The van der Waals surface area contributed by atoms with Gasteiger partial charge in [-0.2, -0.15) is 23.5 Å². The van der Waals surface area contributed by atoms with E-state index in [-0.39, 0.29) is 17.7 Å². The average molecular weight is 378 g/mol. The Hall–Kier alpha value is -2.82. The van der Waals surface area contributed by atoms with Crippen LogP contribution in [0.2, 0.25) is 0 Å². The summed E-state index contributed by atoms with van der Waals surface area (Å²) in [5.41, 5.74) is 1.29. The van der Waals surface area contributed by atoms with Gasteiger partial charge in [-0.05, 0) is 23.8 Å². The van der Waals surface area contributed by atoms with E-state index in [1.807, 2.05) is 26.8 Å². The Morgan fingerprint density at radius 1 is 1.22 bits per heavy atom. The van der Waals surface area contributed by atoms with Crippen molar-refractivity contribution in [3.05, 3.63) is 52.8 Å². The molecule has 0 unspecified atom stereocenters. The lowest BCUT2D eigenvalue weighted by Crippen LogP contribution is -2.39. The highest BCUT2D eigenvalue weighted by Crippen LogP contribution is 2.24. The van der Waals surface area contributed by atoms with Crippen molar-refractivity contribution in [1.82, 2.24) is 14.7 Å². The van der Waals surface area contributed by atoms with Gasteiger partial charge in [0.15, 0.2) is 0 Å². The Morgan fingerprint density at radius 3 is 2.26 bits per heavy atom. The molecule has 2 rings (SSSR count). The van der Waals surface area contributed by atoms with Crippen LogP contribution in [0.4, 0.5) is 13.2 Å². The van der Waals surface area contributed by atoms with Gasteiger partial charge in [-0.1, -0.05) is 32.9 Å². The molecule has 1 amide bonds. The van der Waals surface area contributed by atoms with E-state index in [4.69, 9.17) is 5.26 Å². The highest BCUT2D eigenvalue weighted by Gasteiger charge is 2.34. The topological polar surface area (TPSA) is 61.9 Å². The van der Waals surface area contributed by atoms with Crippen LogP contribution < -0.4 is 0 Å². The third-order valence-corrected chi connectivity index (χ3v) is 3.98. The van der Waals surface area contributed by atoms with Crippen LogP contribution in [0.1, 0.15) is 48.1 Å². The Balaban J connectivity index is 2.34. The highest BCUT2D eigenvalue weighted by molar-refractivity contribution is 5.92. The third kappa shape index (κ3) is 5.33. The van der Waals surface area contributed by atoms with Crippen molar-refractivity contribution in [2.24, 2.45) is 7.05 Å². The second-order valence-corrected chi connectivity index (χ2v) is 7.37. The first-order valence-electron chi connectivity index (χ1n) is 8.30. The molecule has 2 aromatic rings. The first-order chi connectivity index (χ1) is 12.4. The number of nitriles is 1. The second-order valence-electron chi connectivity index (χ2n) is 7.37. The van der Waals surface area contributed by atoms with Crippen LogP contribution >= 0.6 is 0 Å². The fourth-order valence-corrected chi connectivity index (χ4v) is 2.52. The molecule has 0 saturated heterocycles. The van der Waals surface area contributed by atoms with Gasteiger partial charge in [0.25, 0.3) is 5.91 Å². The molecule has 0 bridgehead atoms. The van der Waals surface area contributed by atoms with Crippen molar-refractivity contribution in [2.75, 3.05) is 6.54 Å². The minimum atomic E-state index is -4.53. The zero-order chi connectivity index (χ0) is 20.4. The summed E-state index contributed by atoms with van der Waals surface area (Å²) < 4.78 is 40.4. The average Bonchev–Trinajstić information content (AvgIpc) is 2.95. The summed E-state index contributed by atoms with van der Waals surface area (Å²) in [7, 11) is 1.54. The number of hydrogen-bond acceptors (Lipinski definition) is 3. The van der Waals surface area contributed by atoms with E-state index in [0.29, 0.717) is 16.8 Å². The van der Waals surface area contributed by atoms with Gasteiger partial charge in [0.1, 0.15) is 12.2 Å². The number of carbonyl (C=O) groups excluding carboxylic acids is 1. The number of nitrogens with zero attached hydrogens (tertiary/aromatic N) is 4. The number of amides is 1. The molecule has 1 aromatic carbocycles. The Labute approximate surface area is 156 Å². The summed E-state index contributed by atoms with van der Waals surface area (Å²) in [6, 6.07) is 9.57. The smallest absolute Gasteiger partial charge is 0.324 e. The van der Waals surface area contributed by atoms with E-state index < -0.39 is 18.6 Å². The van der Waals surface area contributed by atoms with Gasteiger partial charge in [-0.15, -0.1) is 0 Å². The van der Waals surface area contributed by atoms with Crippen LogP contribution in [-0.2, 0) is 19.0 Å². The maximum atomic E-state index is 13.0. The molecule has 8 heteroatoms. The monoisotopic (exact) mass is 378 g/mol. The first kappa shape index (κ1) is 20.5.